The lowest BCUT2D eigenvalue weighted by molar-refractivity contribution is 0.102. The van der Waals surface area contributed by atoms with Crippen LogP contribution in [-0.2, 0) is 16.6 Å². The van der Waals surface area contributed by atoms with Gasteiger partial charge in [-0.2, -0.15) is 0 Å². The van der Waals surface area contributed by atoms with E-state index in [4.69, 9.17) is 4.42 Å². The molecule has 0 saturated heterocycles. The number of benzene rings is 2. The van der Waals surface area contributed by atoms with Crippen molar-refractivity contribution in [2.24, 2.45) is 0 Å². The summed E-state index contributed by atoms with van der Waals surface area (Å²) in [4.78, 5) is 14.6. The summed E-state index contributed by atoms with van der Waals surface area (Å²) >= 11 is 0. The molecular formula is C21H23N3O4S. The molecule has 0 aliphatic heterocycles. The molecule has 152 valence electrons. The van der Waals surface area contributed by atoms with Gasteiger partial charge in [0.15, 0.2) is 0 Å². The first-order valence-corrected chi connectivity index (χ1v) is 10.5. The molecule has 0 spiro atoms. The molecule has 2 N–H and O–H groups in total. The highest BCUT2D eigenvalue weighted by Gasteiger charge is 2.15. The molecule has 0 aliphatic rings. The monoisotopic (exact) mass is 413 g/mol. The van der Waals surface area contributed by atoms with Crippen LogP contribution in [-0.4, -0.2) is 28.4 Å². The summed E-state index contributed by atoms with van der Waals surface area (Å²) in [6, 6.07) is 14.8. The van der Waals surface area contributed by atoms with E-state index in [0.717, 1.165) is 11.3 Å². The lowest BCUT2D eigenvalue weighted by Gasteiger charge is -2.16. The minimum Gasteiger partial charge on any atom is -0.468 e. The molecule has 0 fully saturated rings. The van der Waals surface area contributed by atoms with E-state index in [2.05, 4.69) is 10.0 Å². The Balaban J connectivity index is 1.67. The molecule has 1 amide bonds. The number of carbonyl (C=O) groups is 1. The third kappa shape index (κ3) is 5.04. The molecule has 7 nitrogen and oxygen atoms in total. The molecule has 1 heterocycles. The summed E-state index contributed by atoms with van der Waals surface area (Å²) in [5, 5.41) is 2.83. The second kappa shape index (κ2) is 8.50. The van der Waals surface area contributed by atoms with Gasteiger partial charge in [-0.1, -0.05) is 0 Å². The zero-order valence-electron chi connectivity index (χ0n) is 16.5. The van der Waals surface area contributed by atoms with E-state index in [1.165, 1.54) is 30.5 Å². The van der Waals surface area contributed by atoms with Crippen molar-refractivity contribution < 1.29 is 17.6 Å². The Morgan fingerprint density at radius 1 is 1.07 bits per heavy atom. The van der Waals surface area contributed by atoms with Crippen molar-refractivity contribution in [2.75, 3.05) is 24.3 Å². The first kappa shape index (κ1) is 20.6. The number of hydrogen-bond acceptors (Lipinski definition) is 5. The zero-order chi connectivity index (χ0) is 21.0. The SMILES string of the molecule is Cc1cc(NC(=O)c2ccc(S(=O)(=O)NCc3ccco3)cc2)ccc1N(C)C. The van der Waals surface area contributed by atoms with Crippen LogP contribution in [0.15, 0.2) is 70.2 Å². The first-order valence-electron chi connectivity index (χ1n) is 8.98. The van der Waals surface area contributed by atoms with Crippen molar-refractivity contribution in [2.45, 2.75) is 18.4 Å². The van der Waals surface area contributed by atoms with Crippen LogP contribution in [0.2, 0.25) is 0 Å². The Bertz CT molecular complexity index is 1090. The molecular weight excluding hydrogens is 390 g/mol. The van der Waals surface area contributed by atoms with Gasteiger partial charge in [0.2, 0.25) is 10.0 Å². The third-order valence-corrected chi connectivity index (χ3v) is 5.80. The van der Waals surface area contributed by atoms with Gasteiger partial charge in [-0.15, -0.1) is 0 Å². The molecule has 3 rings (SSSR count). The van der Waals surface area contributed by atoms with Crippen molar-refractivity contribution in [1.82, 2.24) is 4.72 Å². The maximum Gasteiger partial charge on any atom is 0.255 e. The average molecular weight is 413 g/mol. The summed E-state index contributed by atoms with van der Waals surface area (Å²) in [7, 11) is 0.213. The van der Waals surface area contributed by atoms with Gasteiger partial charge in [-0.3, -0.25) is 4.79 Å². The van der Waals surface area contributed by atoms with Crippen LogP contribution in [0, 0.1) is 6.92 Å². The molecule has 0 bridgehead atoms. The summed E-state index contributed by atoms with van der Waals surface area (Å²) in [6.45, 7) is 2.03. The highest BCUT2D eigenvalue weighted by Crippen LogP contribution is 2.22. The second-order valence-corrected chi connectivity index (χ2v) is 8.55. The fourth-order valence-corrected chi connectivity index (χ4v) is 3.88. The molecule has 0 saturated carbocycles. The third-order valence-electron chi connectivity index (χ3n) is 4.38. The number of hydrogen-bond donors (Lipinski definition) is 2. The van der Waals surface area contributed by atoms with Crippen LogP contribution in [0.1, 0.15) is 21.7 Å². The topological polar surface area (TPSA) is 91.6 Å². The number of carbonyl (C=O) groups excluding carboxylic acids is 1. The highest BCUT2D eigenvalue weighted by atomic mass is 32.2. The van der Waals surface area contributed by atoms with Gasteiger partial charge >= 0.3 is 0 Å². The summed E-state index contributed by atoms with van der Waals surface area (Å²) in [6.07, 6.45) is 1.48. The lowest BCUT2D eigenvalue weighted by Crippen LogP contribution is -2.23. The Morgan fingerprint density at radius 3 is 2.38 bits per heavy atom. The lowest BCUT2D eigenvalue weighted by atomic mass is 10.1. The second-order valence-electron chi connectivity index (χ2n) is 6.78. The van der Waals surface area contributed by atoms with Crippen molar-refractivity contribution >= 4 is 27.3 Å². The Labute approximate surface area is 170 Å². The average Bonchev–Trinajstić information content (AvgIpc) is 3.20. The Kier molecular flexibility index (Phi) is 6.05. The predicted octanol–water partition coefficient (Wildman–Crippen LogP) is 3.38. The van der Waals surface area contributed by atoms with Gasteiger partial charge < -0.3 is 14.6 Å². The van der Waals surface area contributed by atoms with Crippen LogP contribution >= 0.6 is 0 Å². The van der Waals surface area contributed by atoms with Crippen LogP contribution in [0.3, 0.4) is 0 Å². The molecule has 2 aromatic carbocycles. The largest absolute Gasteiger partial charge is 0.468 e. The highest BCUT2D eigenvalue weighted by molar-refractivity contribution is 7.89. The molecule has 0 atom stereocenters. The van der Waals surface area contributed by atoms with Crippen LogP contribution in [0.5, 0.6) is 0 Å². The number of nitrogens with zero attached hydrogens (tertiary/aromatic N) is 1. The van der Waals surface area contributed by atoms with E-state index >= 15 is 0 Å². The van der Waals surface area contributed by atoms with E-state index in [9.17, 15) is 13.2 Å². The Morgan fingerprint density at radius 2 is 1.79 bits per heavy atom. The standard InChI is InChI=1S/C21H23N3O4S/c1-15-13-17(8-11-20(15)24(2)3)23-21(25)16-6-9-19(10-7-16)29(26,27)22-14-18-5-4-12-28-18/h4-13,22H,14H2,1-3H3,(H,23,25). The van der Waals surface area contributed by atoms with E-state index in [0.29, 0.717) is 17.0 Å². The summed E-state index contributed by atoms with van der Waals surface area (Å²) in [5.74, 6) is 0.203. The van der Waals surface area contributed by atoms with E-state index in [1.807, 2.05) is 44.1 Å². The molecule has 8 heteroatoms. The van der Waals surface area contributed by atoms with Crippen LogP contribution < -0.4 is 14.9 Å². The van der Waals surface area contributed by atoms with Crippen LogP contribution in [0.25, 0.3) is 0 Å². The number of aryl methyl sites for hydroxylation is 1. The molecule has 0 radical (unpaired) electrons. The van der Waals surface area contributed by atoms with Gasteiger partial charge in [0, 0.05) is 31.0 Å². The summed E-state index contributed by atoms with van der Waals surface area (Å²) in [5.41, 5.74) is 3.15. The molecule has 0 unspecified atom stereocenters. The minimum atomic E-state index is -3.70. The number of sulfonamides is 1. The van der Waals surface area contributed by atoms with Crippen molar-refractivity contribution in [1.29, 1.82) is 0 Å². The quantitative estimate of drug-likeness (QED) is 0.620. The minimum absolute atomic E-state index is 0.0554. The van der Waals surface area contributed by atoms with Gasteiger partial charge in [-0.25, -0.2) is 13.1 Å². The predicted molar refractivity (Wildman–Crippen MR) is 113 cm³/mol. The first-order chi connectivity index (χ1) is 13.8. The van der Waals surface area contributed by atoms with E-state index < -0.39 is 10.0 Å². The van der Waals surface area contributed by atoms with Crippen molar-refractivity contribution in [3.05, 3.63) is 77.7 Å². The van der Waals surface area contributed by atoms with Gasteiger partial charge in [0.25, 0.3) is 5.91 Å². The van der Waals surface area contributed by atoms with Gasteiger partial charge in [0.1, 0.15) is 5.76 Å². The number of amides is 1. The number of anilines is 2. The van der Waals surface area contributed by atoms with Gasteiger partial charge in [0.05, 0.1) is 17.7 Å². The normalized spacial score (nSPS) is 11.3. The molecule has 3 aromatic rings. The van der Waals surface area contributed by atoms with Crippen LogP contribution in [0.4, 0.5) is 11.4 Å². The fraction of sp³-hybridized carbons (Fsp3) is 0.190. The Hall–Kier alpha value is -3.10. The van der Waals surface area contributed by atoms with Gasteiger partial charge in [-0.05, 0) is 67.1 Å². The summed E-state index contributed by atoms with van der Waals surface area (Å²) < 4.78 is 32.3. The zero-order valence-corrected chi connectivity index (χ0v) is 17.3. The molecule has 0 aliphatic carbocycles. The number of rotatable bonds is 7. The maximum absolute atomic E-state index is 12.5. The van der Waals surface area contributed by atoms with E-state index in [1.54, 1.807) is 12.1 Å². The van der Waals surface area contributed by atoms with Crippen molar-refractivity contribution in [3.8, 4) is 0 Å². The smallest absolute Gasteiger partial charge is 0.255 e. The molecule has 1 aromatic heterocycles. The maximum atomic E-state index is 12.5. The number of nitrogens with one attached hydrogen (secondary N) is 2. The molecule has 29 heavy (non-hydrogen) atoms. The fourth-order valence-electron chi connectivity index (χ4n) is 2.89. The number of furan rings is 1. The van der Waals surface area contributed by atoms with E-state index in [-0.39, 0.29) is 17.3 Å². The van der Waals surface area contributed by atoms with Crippen molar-refractivity contribution in [3.63, 3.8) is 0 Å².